The molecule has 0 spiro atoms. The van der Waals surface area contributed by atoms with Crippen LogP contribution in [0.25, 0.3) is 11.0 Å². The Morgan fingerprint density at radius 3 is 2.89 bits per heavy atom. The van der Waals surface area contributed by atoms with Gasteiger partial charge in [0.15, 0.2) is 4.77 Å². The Labute approximate surface area is 120 Å². The minimum absolute atomic E-state index is 0.0762. The molecule has 0 aliphatic rings. The molecule has 0 saturated heterocycles. The summed E-state index contributed by atoms with van der Waals surface area (Å²) in [5.41, 5.74) is 1.40. The number of ether oxygens (including phenoxy) is 2. The van der Waals surface area contributed by atoms with Crippen molar-refractivity contribution >= 4 is 34.9 Å². The number of nitrogens with zero attached hydrogens (tertiary/aromatic N) is 1. The lowest BCUT2D eigenvalue weighted by Crippen LogP contribution is -2.09. The zero-order valence-corrected chi connectivity index (χ0v) is 12.0. The Morgan fingerprint density at radius 2 is 2.16 bits per heavy atom. The Morgan fingerprint density at radius 1 is 1.37 bits per heavy atom. The van der Waals surface area contributed by atoms with E-state index >= 15 is 0 Å². The molecule has 0 amide bonds. The molecule has 1 aromatic carbocycles. The first-order valence-corrected chi connectivity index (χ1v) is 6.56. The van der Waals surface area contributed by atoms with Crippen molar-refractivity contribution in [3.63, 3.8) is 0 Å². The van der Waals surface area contributed by atoms with Gasteiger partial charge in [-0.05, 0) is 18.3 Å². The highest BCUT2D eigenvalue weighted by Gasteiger charge is 2.08. The highest BCUT2D eigenvalue weighted by Crippen LogP contribution is 2.22. The SMILES string of the molecule is COCCOCCn1c(=S)[nH]c2cc(Cl)c(F)cc21. The van der Waals surface area contributed by atoms with Crippen LogP contribution in [-0.4, -0.2) is 36.5 Å². The van der Waals surface area contributed by atoms with Crippen LogP contribution >= 0.6 is 23.8 Å². The Balaban J connectivity index is 2.16. The lowest BCUT2D eigenvalue weighted by Gasteiger charge is -2.06. The van der Waals surface area contributed by atoms with Gasteiger partial charge in [-0.3, -0.25) is 0 Å². The lowest BCUT2D eigenvalue weighted by atomic mass is 10.3. The Bertz CT molecular complexity index is 626. The molecule has 7 heteroatoms. The average Bonchev–Trinajstić information content (AvgIpc) is 2.66. The van der Waals surface area contributed by atoms with E-state index in [-0.39, 0.29) is 5.02 Å². The van der Waals surface area contributed by atoms with Gasteiger partial charge in [0.1, 0.15) is 5.82 Å². The fourth-order valence-electron chi connectivity index (χ4n) is 1.77. The van der Waals surface area contributed by atoms with Crippen LogP contribution in [-0.2, 0) is 16.0 Å². The highest BCUT2D eigenvalue weighted by atomic mass is 35.5. The van der Waals surface area contributed by atoms with Crippen LogP contribution in [0, 0.1) is 10.6 Å². The molecular formula is C12H14ClFN2O2S. The van der Waals surface area contributed by atoms with Crippen molar-refractivity contribution in [2.45, 2.75) is 6.54 Å². The molecule has 2 rings (SSSR count). The average molecular weight is 305 g/mol. The van der Waals surface area contributed by atoms with E-state index in [0.29, 0.717) is 42.2 Å². The normalized spacial score (nSPS) is 11.3. The molecule has 0 aliphatic carbocycles. The number of rotatable bonds is 6. The van der Waals surface area contributed by atoms with Crippen molar-refractivity contribution in [1.82, 2.24) is 9.55 Å². The quantitative estimate of drug-likeness (QED) is 0.658. The summed E-state index contributed by atoms with van der Waals surface area (Å²) in [5, 5.41) is 0.0762. The first-order valence-electron chi connectivity index (χ1n) is 5.77. The summed E-state index contributed by atoms with van der Waals surface area (Å²) in [7, 11) is 1.62. The summed E-state index contributed by atoms with van der Waals surface area (Å²) in [6.45, 7) is 2.09. The van der Waals surface area contributed by atoms with Crippen LogP contribution in [0.15, 0.2) is 12.1 Å². The van der Waals surface area contributed by atoms with Gasteiger partial charge in [-0.15, -0.1) is 0 Å². The van der Waals surface area contributed by atoms with E-state index in [1.165, 1.54) is 12.1 Å². The fourth-order valence-corrected chi connectivity index (χ4v) is 2.24. The molecule has 2 aromatic rings. The number of hydrogen-bond donors (Lipinski definition) is 1. The first kappa shape index (κ1) is 14.5. The smallest absolute Gasteiger partial charge is 0.178 e. The number of nitrogens with one attached hydrogen (secondary N) is 1. The monoisotopic (exact) mass is 304 g/mol. The number of aromatic amines is 1. The number of aromatic nitrogens is 2. The van der Waals surface area contributed by atoms with Gasteiger partial charge >= 0.3 is 0 Å². The summed E-state index contributed by atoms with van der Waals surface area (Å²) < 4.78 is 26.1. The van der Waals surface area contributed by atoms with Crippen molar-refractivity contribution in [1.29, 1.82) is 0 Å². The summed E-state index contributed by atoms with van der Waals surface area (Å²) in [6, 6.07) is 2.91. The van der Waals surface area contributed by atoms with Crippen LogP contribution in [0.1, 0.15) is 0 Å². The summed E-state index contributed by atoms with van der Waals surface area (Å²) in [6.07, 6.45) is 0. The van der Waals surface area contributed by atoms with Gasteiger partial charge in [-0.25, -0.2) is 4.39 Å². The Kier molecular flexibility index (Phi) is 4.93. The molecule has 0 bridgehead atoms. The molecule has 0 unspecified atom stereocenters. The second-order valence-electron chi connectivity index (χ2n) is 3.97. The van der Waals surface area contributed by atoms with Crippen molar-refractivity contribution in [3.8, 4) is 0 Å². The van der Waals surface area contributed by atoms with E-state index in [1.807, 2.05) is 0 Å². The lowest BCUT2D eigenvalue weighted by molar-refractivity contribution is 0.0668. The van der Waals surface area contributed by atoms with Crippen LogP contribution in [0.4, 0.5) is 4.39 Å². The largest absolute Gasteiger partial charge is 0.382 e. The summed E-state index contributed by atoms with van der Waals surface area (Å²) in [5.74, 6) is -0.461. The topological polar surface area (TPSA) is 39.2 Å². The number of H-pyrrole nitrogens is 1. The first-order chi connectivity index (χ1) is 9.13. The predicted molar refractivity (Wildman–Crippen MR) is 74.8 cm³/mol. The molecule has 1 N–H and O–H groups in total. The van der Waals surface area contributed by atoms with Gasteiger partial charge in [0.25, 0.3) is 0 Å². The minimum Gasteiger partial charge on any atom is -0.382 e. The van der Waals surface area contributed by atoms with Gasteiger partial charge in [0, 0.05) is 19.7 Å². The number of methoxy groups -OCH3 is 1. The third-order valence-corrected chi connectivity index (χ3v) is 3.32. The molecule has 1 heterocycles. The van der Waals surface area contributed by atoms with Crippen LogP contribution < -0.4 is 0 Å². The number of imidazole rings is 1. The number of halogens is 2. The van der Waals surface area contributed by atoms with E-state index < -0.39 is 5.82 Å². The number of fused-ring (bicyclic) bond motifs is 1. The van der Waals surface area contributed by atoms with Crippen molar-refractivity contribution in [2.24, 2.45) is 0 Å². The third-order valence-electron chi connectivity index (χ3n) is 2.71. The molecule has 19 heavy (non-hydrogen) atoms. The number of hydrogen-bond acceptors (Lipinski definition) is 3. The molecule has 0 saturated carbocycles. The van der Waals surface area contributed by atoms with Gasteiger partial charge in [0.05, 0.1) is 35.9 Å². The van der Waals surface area contributed by atoms with Crippen molar-refractivity contribution < 1.29 is 13.9 Å². The summed E-state index contributed by atoms with van der Waals surface area (Å²) >= 11 is 10.9. The molecule has 1 aromatic heterocycles. The maximum atomic E-state index is 13.5. The van der Waals surface area contributed by atoms with E-state index in [4.69, 9.17) is 33.3 Å². The molecular weight excluding hydrogens is 291 g/mol. The van der Waals surface area contributed by atoms with Gasteiger partial charge in [-0.1, -0.05) is 11.6 Å². The predicted octanol–water partition coefficient (Wildman–Crippen LogP) is 3.15. The second-order valence-corrected chi connectivity index (χ2v) is 4.76. The van der Waals surface area contributed by atoms with Gasteiger partial charge in [-0.2, -0.15) is 0 Å². The van der Waals surface area contributed by atoms with Crippen molar-refractivity contribution in [2.75, 3.05) is 26.9 Å². The third kappa shape index (κ3) is 3.33. The Hall–Kier alpha value is -0.950. The zero-order chi connectivity index (χ0) is 13.8. The molecule has 0 fully saturated rings. The van der Waals surface area contributed by atoms with E-state index in [0.717, 1.165) is 0 Å². The van der Waals surface area contributed by atoms with Gasteiger partial charge in [0.2, 0.25) is 0 Å². The maximum absolute atomic E-state index is 13.5. The van der Waals surface area contributed by atoms with E-state index in [2.05, 4.69) is 4.98 Å². The highest BCUT2D eigenvalue weighted by molar-refractivity contribution is 7.71. The van der Waals surface area contributed by atoms with E-state index in [9.17, 15) is 4.39 Å². The van der Waals surface area contributed by atoms with Crippen LogP contribution in [0.5, 0.6) is 0 Å². The summed E-state index contributed by atoms with van der Waals surface area (Å²) in [4.78, 5) is 2.99. The van der Waals surface area contributed by atoms with Crippen molar-refractivity contribution in [3.05, 3.63) is 27.7 Å². The minimum atomic E-state index is -0.461. The number of benzene rings is 1. The maximum Gasteiger partial charge on any atom is 0.178 e. The fraction of sp³-hybridized carbons (Fsp3) is 0.417. The van der Waals surface area contributed by atoms with Crippen LogP contribution in [0.2, 0.25) is 5.02 Å². The van der Waals surface area contributed by atoms with E-state index in [1.54, 1.807) is 11.7 Å². The zero-order valence-electron chi connectivity index (χ0n) is 10.4. The molecule has 0 aliphatic heterocycles. The van der Waals surface area contributed by atoms with Gasteiger partial charge < -0.3 is 19.0 Å². The molecule has 4 nitrogen and oxygen atoms in total. The molecule has 0 radical (unpaired) electrons. The second kappa shape index (κ2) is 6.47. The molecule has 0 atom stereocenters. The van der Waals surface area contributed by atoms with Crippen LogP contribution in [0.3, 0.4) is 0 Å². The standard InChI is InChI=1S/C12H14ClFN2O2S/c1-17-4-5-18-3-2-16-11-7-9(14)8(13)6-10(11)15-12(16)19/h6-7H,2-5H2,1H3,(H,15,19). The molecule has 104 valence electrons.